The van der Waals surface area contributed by atoms with E-state index in [0.29, 0.717) is 11.3 Å². The van der Waals surface area contributed by atoms with Crippen LogP contribution in [-0.2, 0) is 4.79 Å². The SMILES string of the molecule is C=C(CSc1ccc(C)cc1)C(=O)N(C)CCC.CC. The van der Waals surface area contributed by atoms with Crippen molar-refractivity contribution in [3.8, 4) is 0 Å². The Morgan fingerprint density at radius 2 is 1.80 bits per heavy atom. The lowest BCUT2D eigenvalue weighted by Gasteiger charge is -2.17. The first-order valence-corrected chi connectivity index (χ1v) is 8.16. The zero-order valence-corrected chi connectivity index (χ0v) is 14.2. The van der Waals surface area contributed by atoms with E-state index in [1.54, 1.807) is 16.7 Å². The van der Waals surface area contributed by atoms with Crippen LogP contribution in [0.2, 0.25) is 0 Å². The van der Waals surface area contributed by atoms with Gasteiger partial charge < -0.3 is 4.90 Å². The standard InChI is InChI=1S/C15H21NOS.C2H6/c1-5-10-16(4)15(17)13(3)11-18-14-8-6-12(2)7-9-14;1-2/h6-9H,3,5,10-11H2,1-2,4H3;1-2H3. The fraction of sp³-hybridized carbons (Fsp3) is 0.471. The lowest BCUT2D eigenvalue weighted by Crippen LogP contribution is -2.29. The first-order chi connectivity index (χ1) is 9.54. The summed E-state index contributed by atoms with van der Waals surface area (Å²) < 4.78 is 0. The van der Waals surface area contributed by atoms with E-state index in [0.717, 1.165) is 13.0 Å². The Kier molecular flexibility index (Phi) is 9.91. The zero-order chi connectivity index (χ0) is 15.5. The summed E-state index contributed by atoms with van der Waals surface area (Å²) in [6, 6.07) is 8.31. The van der Waals surface area contributed by atoms with Gasteiger partial charge in [-0.3, -0.25) is 4.79 Å². The summed E-state index contributed by atoms with van der Waals surface area (Å²) in [5.41, 5.74) is 1.91. The number of rotatable bonds is 6. The summed E-state index contributed by atoms with van der Waals surface area (Å²) in [4.78, 5) is 14.8. The highest BCUT2D eigenvalue weighted by atomic mass is 32.2. The number of nitrogens with zero attached hydrogens (tertiary/aromatic N) is 1. The van der Waals surface area contributed by atoms with E-state index >= 15 is 0 Å². The van der Waals surface area contributed by atoms with Crippen LogP contribution in [0.15, 0.2) is 41.3 Å². The minimum absolute atomic E-state index is 0.0523. The molecule has 1 amide bonds. The second kappa shape index (κ2) is 10.6. The summed E-state index contributed by atoms with van der Waals surface area (Å²) in [5, 5.41) is 0. The Morgan fingerprint density at radius 1 is 1.25 bits per heavy atom. The summed E-state index contributed by atoms with van der Waals surface area (Å²) in [6.07, 6.45) is 0.973. The maximum Gasteiger partial charge on any atom is 0.249 e. The number of aryl methyl sites for hydroxylation is 1. The molecule has 0 atom stereocenters. The Hall–Kier alpha value is -1.22. The normalized spacial score (nSPS) is 9.45. The molecule has 0 radical (unpaired) electrons. The van der Waals surface area contributed by atoms with Crippen LogP contribution >= 0.6 is 11.8 Å². The molecule has 0 saturated heterocycles. The lowest BCUT2D eigenvalue weighted by molar-refractivity contribution is -0.125. The van der Waals surface area contributed by atoms with E-state index in [9.17, 15) is 4.79 Å². The van der Waals surface area contributed by atoms with Crippen molar-refractivity contribution in [3.63, 3.8) is 0 Å². The highest BCUT2D eigenvalue weighted by Crippen LogP contribution is 2.21. The van der Waals surface area contributed by atoms with Crippen LogP contribution in [-0.4, -0.2) is 30.2 Å². The molecule has 1 rings (SSSR count). The molecule has 0 aliphatic heterocycles. The van der Waals surface area contributed by atoms with Crippen LogP contribution in [0.4, 0.5) is 0 Å². The highest BCUT2D eigenvalue weighted by molar-refractivity contribution is 7.99. The lowest BCUT2D eigenvalue weighted by atomic mass is 10.2. The molecule has 3 heteroatoms. The van der Waals surface area contributed by atoms with Gasteiger partial charge in [-0.05, 0) is 25.5 Å². The third-order valence-corrected chi connectivity index (χ3v) is 3.74. The van der Waals surface area contributed by atoms with E-state index < -0.39 is 0 Å². The van der Waals surface area contributed by atoms with Crippen LogP contribution in [0.5, 0.6) is 0 Å². The van der Waals surface area contributed by atoms with Gasteiger partial charge in [0.05, 0.1) is 0 Å². The topological polar surface area (TPSA) is 20.3 Å². The summed E-state index contributed by atoms with van der Waals surface area (Å²) >= 11 is 1.65. The Balaban J connectivity index is 0.00000172. The average molecular weight is 293 g/mol. The van der Waals surface area contributed by atoms with E-state index in [1.807, 2.05) is 20.9 Å². The molecule has 1 aromatic carbocycles. The van der Waals surface area contributed by atoms with Crippen LogP contribution in [0.25, 0.3) is 0 Å². The summed E-state index contributed by atoms with van der Waals surface area (Å²) in [7, 11) is 1.83. The maximum absolute atomic E-state index is 11.9. The second-order valence-electron chi connectivity index (χ2n) is 4.43. The van der Waals surface area contributed by atoms with E-state index in [1.165, 1.54) is 10.5 Å². The highest BCUT2D eigenvalue weighted by Gasteiger charge is 2.11. The van der Waals surface area contributed by atoms with Gasteiger partial charge in [-0.15, -0.1) is 11.8 Å². The predicted octanol–water partition coefficient (Wildman–Crippen LogP) is 4.54. The van der Waals surface area contributed by atoms with Gasteiger partial charge in [-0.25, -0.2) is 0 Å². The van der Waals surface area contributed by atoms with Crippen LogP contribution in [0.1, 0.15) is 32.8 Å². The predicted molar refractivity (Wildman–Crippen MR) is 90.3 cm³/mol. The van der Waals surface area contributed by atoms with E-state index in [-0.39, 0.29) is 5.91 Å². The fourth-order valence-electron chi connectivity index (χ4n) is 1.57. The number of amides is 1. The van der Waals surface area contributed by atoms with Crippen LogP contribution in [0.3, 0.4) is 0 Å². The molecule has 0 bridgehead atoms. The number of thioether (sulfide) groups is 1. The molecule has 20 heavy (non-hydrogen) atoms. The van der Waals surface area contributed by atoms with Crippen molar-refractivity contribution in [2.24, 2.45) is 0 Å². The van der Waals surface area contributed by atoms with Gasteiger partial charge >= 0.3 is 0 Å². The minimum atomic E-state index is 0.0523. The first kappa shape index (κ1) is 18.8. The maximum atomic E-state index is 11.9. The minimum Gasteiger partial charge on any atom is -0.342 e. The van der Waals surface area contributed by atoms with Crippen LogP contribution < -0.4 is 0 Å². The molecule has 2 nitrogen and oxygen atoms in total. The molecule has 0 aliphatic carbocycles. The van der Waals surface area contributed by atoms with E-state index in [2.05, 4.69) is 44.7 Å². The third kappa shape index (κ3) is 6.80. The molecule has 112 valence electrons. The van der Waals surface area contributed by atoms with Crippen molar-refractivity contribution in [1.29, 1.82) is 0 Å². The second-order valence-corrected chi connectivity index (χ2v) is 5.48. The molecule has 0 heterocycles. The van der Waals surface area contributed by atoms with Gasteiger partial charge in [0.25, 0.3) is 0 Å². The molecule has 0 fully saturated rings. The molecule has 0 unspecified atom stereocenters. The van der Waals surface area contributed by atoms with Gasteiger partial charge in [-0.1, -0.05) is 45.0 Å². The van der Waals surface area contributed by atoms with Gasteiger partial charge in [0.1, 0.15) is 0 Å². The molecule has 0 aliphatic rings. The molecular weight excluding hydrogens is 266 g/mol. The monoisotopic (exact) mass is 293 g/mol. The summed E-state index contributed by atoms with van der Waals surface area (Å²) in [5.74, 6) is 0.701. The third-order valence-electron chi connectivity index (χ3n) is 2.64. The van der Waals surface area contributed by atoms with Crippen molar-refractivity contribution in [2.75, 3.05) is 19.3 Å². The smallest absolute Gasteiger partial charge is 0.249 e. The first-order valence-electron chi connectivity index (χ1n) is 7.17. The number of hydrogen-bond acceptors (Lipinski definition) is 2. The molecule has 0 spiro atoms. The van der Waals surface area contributed by atoms with Crippen molar-refractivity contribution in [2.45, 2.75) is 39.0 Å². The molecule has 0 saturated carbocycles. The van der Waals surface area contributed by atoms with Crippen molar-refractivity contribution >= 4 is 17.7 Å². The summed E-state index contributed by atoms with van der Waals surface area (Å²) in [6.45, 7) is 12.8. The fourth-order valence-corrected chi connectivity index (χ4v) is 2.37. The Morgan fingerprint density at radius 3 is 2.30 bits per heavy atom. The van der Waals surface area contributed by atoms with Gasteiger partial charge in [-0.2, -0.15) is 0 Å². The van der Waals surface area contributed by atoms with Gasteiger partial charge in [0.15, 0.2) is 0 Å². The quantitative estimate of drug-likeness (QED) is 0.567. The number of benzene rings is 1. The zero-order valence-electron chi connectivity index (χ0n) is 13.4. The number of likely N-dealkylation sites (N-methyl/N-ethyl adjacent to an activating group) is 1. The largest absolute Gasteiger partial charge is 0.342 e. The van der Waals surface area contributed by atoms with Gasteiger partial charge in [0, 0.05) is 29.8 Å². The molecular formula is C17H27NOS. The average Bonchev–Trinajstić information content (AvgIpc) is 2.48. The number of carbonyl (C=O) groups is 1. The Bertz CT molecular complexity index is 412. The molecule has 1 aromatic rings. The molecule has 0 aromatic heterocycles. The van der Waals surface area contributed by atoms with Crippen LogP contribution in [0, 0.1) is 6.92 Å². The van der Waals surface area contributed by atoms with Gasteiger partial charge in [0.2, 0.25) is 5.91 Å². The number of hydrogen-bond donors (Lipinski definition) is 0. The molecule has 0 N–H and O–H groups in total. The van der Waals surface area contributed by atoms with Crippen molar-refractivity contribution in [1.82, 2.24) is 4.90 Å². The van der Waals surface area contributed by atoms with E-state index in [4.69, 9.17) is 0 Å². The van der Waals surface area contributed by atoms with Crippen molar-refractivity contribution in [3.05, 3.63) is 42.0 Å². The number of carbonyl (C=O) groups excluding carboxylic acids is 1. The Labute approximate surface area is 128 Å². The van der Waals surface area contributed by atoms with Crippen molar-refractivity contribution < 1.29 is 4.79 Å².